The molecule has 0 radical (unpaired) electrons. The van der Waals surface area contributed by atoms with Gasteiger partial charge in [0.15, 0.2) is 0 Å². The van der Waals surface area contributed by atoms with E-state index in [-0.39, 0.29) is 32.6 Å². The fourth-order valence-electron chi connectivity index (χ4n) is 4.06. The van der Waals surface area contributed by atoms with Crippen LogP contribution < -0.4 is 28.6 Å². The molecule has 0 saturated carbocycles. The highest BCUT2D eigenvalue weighted by atomic mass is 32.2. The van der Waals surface area contributed by atoms with E-state index in [2.05, 4.69) is 10.0 Å². The molecule has 4 aromatic carbocycles. The van der Waals surface area contributed by atoms with Gasteiger partial charge in [-0.15, -0.1) is 0 Å². The van der Waals surface area contributed by atoms with Crippen LogP contribution in [-0.4, -0.2) is 50.1 Å². The molecule has 11 nitrogen and oxygen atoms in total. The van der Waals surface area contributed by atoms with Crippen molar-refractivity contribution in [3.63, 3.8) is 0 Å². The minimum atomic E-state index is -4.26. The normalized spacial score (nSPS) is 11.4. The number of rotatable bonds is 13. The lowest BCUT2D eigenvalue weighted by atomic mass is 10.3. The van der Waals surface area contributed by atoms with Gasteiger partial charge >= 0.3 is 0 Å². The molecule has 0 aromatic heterocycles. The molecule has 4 rings (SSSR count). The molecule has 0 atom stereocenters. The number of carbonyl (C=O) groups excluding carboxylic acids is 1. The zero-order valence-corrected chi connectivity index (χ0v) is 25.6. The Morgan fingerprint density at radius 2 is 1.41 bits per heavy atom. The molecule has 0 aliphatic rings. The largest absolute Gasteiger partial charge is 0.497 e. The molecule has 1 amide bonds. The lowest BCUT2D eigenvalue weighted by Crippen LogP contribution is -2.38. The first kappa shape index (κ1) is 32.1. The van der Waals surface area contributed by atoms with E-state index in [1.165, 1.54) is 87.0 Å². The predicted molar refractivity (Wildman–Crippen MR) is 164 cm³/mol. The number of anilines is 3. The first-order chi connectivity index (χ1) is 21.0. The molecule has 0 spiro atoms. The molecule has 14 heteroatoms. The van der Waals surface area contributed by atoms with Gasteiger partial charge in [-0.1, -0.05) is 0 Å². The zero-order valence-electron chi connectivity index (χ0n) is 24.0. The summed E-state index contributed by atoms with van der Waals surface area (Å²) in [5, 5.41) is 2.57. The third kappa shape index (κ3) is 7.57. The van der Waals surface area contributed by atoms with Crippen molar-refractivity contribution in [2.45, 2.75) is 16.7 Å². The number of methoxy groups -OCH3 is 2. The molecular weight excluding hydrogens is 613 g/mol. The highest BCUT2D eigenvalue weighted by Crippen LogP contribution is 2.31. The third-order valence-electron chi connectivity index (χ3n) is 6.23. The van der Waals surface area contributed by atoms with E-state index >= 15 is 0 Å². The maximum Gasteiger partial charge on any atom is 0.264 e. The van der Waals surface area contributed by atoms with E-state index in [0.29, 0.717) is 18.1 Å². The van der Waals surface area contributed by atoms with Gasteiger partial charge in [0.2, 0.25) is 5.91 Å². The molecule has 4 aromatic rings. The molecule has 0 fully saturated rings. The first-order valence-corrected chi connectivity index (χ1v) is 16.0. The summed E-state index contributed by atoms with van der Waals surface area (Å²) in [7, 11) is -5.43. The Morgan fingerprint density at radius 3 is 2.00 bits per heavy atom. The second-order valence-corrected chi connectivity index (χ2v) is 12.7. The van der Waals surface area contributed by atoms with E-state index in [1.54, 1.807) is 13.0 Å². The van der Waals surface area contributed by atoms with Gasteiger partial charge in [0, 0.05) is 11.8 Å². The van der Waals surface area contributed by atoms with Gasteiger partial charge in [0.1, 0.15) is 29.6 Å². The van der Waals surface area contributed by atoms with Crippen LogP contribution in [0.5, 0.6) is 17.2 Å². The molecule has 232 valence electrons. The number of benzene rings is 4. The van der Waals surface area contributed by atoms with Crippen LogP contribution in [0.15, 0.2) is 101 Å². The molecule has 2 N–H and O–H groups in total. The van der Waals surface area contributed by atoms with Crippen LogP contribution in [0.1, 0.15) is 6.92 Å². The average molecular weight is 644 g/mol. The van der Waals surface area contributed by atoms with Gasteiger partial charge in [-0.05, 0) is 91.9 Å². The third-order valence-corrected chi connectivity index (χ3v) is 9.40. The Kier molecular flexibility index (Phi) is 9.96. The molecule has 0 aliphatic carbocycles. The van der Waals surface area contributed by atoms with Crippen molar-refractivity contribution in [1.29, 1.82) is 0 Å². The van der Waals surface area contributed by atoms with Crippen molar-refractivity contribution >= 4 is 43.0 Å². The fourth-order valence-corrected chi connectivity index (χ4v) is 6.55. The summed E-state index contributed by atoms with van der Waals surface area (Å²) in [5.74, 6) is -0.0914. The molecule has 0 unspecified atom stereocenters. The number of halogens is 1. The average Bonchev–Trinajstić information content (AvgIpc) is 3.01. The van der Waals surface area contributed by atoms with E-state index in [1.807, 2.05) is 0 Å². The van der Waals surface area contributed by atoms with Gasteiger partial charge in [-0.25, -0.2) is 21.2 Å². The summed E-state index contributed by atoms with van der Waals surface area (Å²) in [6.07, 6.45) is 0. The van der Waals surface area contributed by atoms with Crippen molar-refractivity contribution in [1.82, 2.24) is 0 Å². The Hall–Kier alpha value is -4.82. The molecule has 44 heavy (non-hydrogen) atoms. The Morgan fingerprint density at radius 1 is 0.795 bits per heavy atom. The maximum absolute atomic E-state index is 13.6. The van der Waals surface area contributed by atoms with Crippen LogP contribution >= 0.6 is 0 Å². The van der Waals surface area contributed by atoms with Gasteiger partial charge in [-0.3, -0.25) is 13.8 Å². The molecule has 0 saturated heterocycles. The van der Waals surface area contributed by atoms with E-state index in [0.717, 1.165) is 16.4 Å². The van der Waals surface area contributed by atoms with Gasteiger partial charge < -0.3 is 19.5 Å². The van der Waals surface area contributed by atoms with Crippen LogP contribution in [0.3, 0.4) is 0 Å². The van der Waals surface area contributed by atoms with Gasteiger partial charge in [0.25, 0.3) is 20.0 Å². The molecule has 0 heterocycles. The summed E-state index contributed by atoms with van der Waals surface area (Å²) in [4.78, 5) is 12.9. The van der Waals surface area contributed by atoms with Crippen molar-refractivity contribution in [3.05, 3.63) is 96.8 Å². The maximum atomic E-state index is 13.6. The van der Waals surface area contributed by atoms with Crippen LogP contribution in [0.2, 0.25) is 0 Å². The van der Waals surface area contributed by atoms with Gasteiger partial charge in [-0.2, -0.15) is 0 Å². The number of nitrogens with one attached hydrogen (secondary N) is 2. The highest BCUT2D eigenvalue weighted by molar-refractivity contribution is 7.93. The number of amides is 1. The smallest absolute Gasteiger partial charge is 0.264 e. The highest BCUT2D eigenvalue weighted by Gasteiger charge is 2.28. The van der Waals surface area contributed by atoms with E-state index < -0.39 is 38.3 Å². The summed E-state index contributed by atoms with van der Waals surface area (Å²) >= 11 is 0. The van der Waals surface area contributed by atoms with Crippen molar-refractivity contribution < 1.29 is 40.2 Å². The number of hydrogen-bond donors (Lipinski definition) is 2. The summed E-state index contributed by atoms with van der Waals surface area (Å²) < 4.78 is 85.8. The van der Waals surface area contributed by atoms with Crippen LogP contribution in [-0.2, 0) is 24.8 Å². The monoisotopic (exact) mass is 643 g/mol. The Bertz CT molecular complexity index is 1820. The number of ether oxygens (including phenoxy) is 3. The lowest BCUT2D eigenvalue weighted by molar-refractivity contribution is -0.114. The molecular formula is C30H30FN3O8S2. The Labute approximate surface area is 255 Å². The van der Waals surface area contributed by atoms with Crippen molar-refractivity contribution in [2.75, 3.05) is 41.7 Å². The van der Waals surface area contributed by atoms with E-state index in [9.17, 15) is 26.0 Å². The predicted octanol–water partition coefficient (Wildman–Crippen LogP) is 4.88. The van der Waals surface area contributed by atoms with Crippen LogP contribution in [0, 0.1) is 5.82 Å². The van der Waals surface area contributed by atoms with E-state index in [4.69, 9.17) is 14.2 Å². The second kappa shape index (κ2) is 13.7. The van der Waals surface area contributed by atoms with Crippen LogP contribution in [0.25, 0.3) is 0 Å². The number of nitrogens with zero attached hydrogens (tertiary/aromatic N) is 1. The van der Waals surface area contributed by atoms with Crippen molar-refractivity contribution in [3.8, 4) is 17.2 Å². The quantitative estimate of drug-likeness (QED) is 0.210. The fraction of sp³-hybridized carbons (Fsp3) is 0.167. The minimum Gasteiger partial charge on any atom is -0.497 e. The second-order valence-electron chi connectivity index (χ2n) is 9.14. The number of hydrogen-bond acceptors (Lipinski definition) is 8. The standard InChI is InChI=1S/C30H30FN3O8S2/c1-4-42-24-11-16-27(17-12-24)44(38,39)34(23-9-5-21(31)6-10-23)20-30(35)32-22-7-14-26(15-8-22)43(36,37)33-28-18-13-25(40-2)19-29(28)41-3/h5-19,33H,4,20H2,1-3H3,(H,32,35). The zero-order chi connectivity index (χ0) is 31.9. The number of carbonyl (C=O) groups is 1. The van der Waals surface area contributed by atoms with Crippen LogP contribution in [0.4, 0.5) is 21.5 Å². The lowest BCUT2D eigenvalue weighted by Gasteiger charge is -2.24. The molecule has 0 bridgehead atoms. The van der Waals surface area contributed by atoms with Gasteiger partial charge in [0.05, 0.1) is 42.0 Å². The number of sulfonamides is 2. The minimum absolute atomic E-state index is 0.0666. The summed E-state index contributed by atoms with van der Waals surface area (Å²) in [6.45, 7) is 1.54. The Balaban J connectivity index is 1.52. The molecule has 0 aliphatic heterocycles. The summed E-state index contributed by atoms with van der Waals surface area (Å²) in [5.41, 5.74) is 0.478. The summed E-state index contributed by atoms with van der Waals surface area (Å²) in [6, 6.07) is 20.2. The SMILES string of the molecule is CCOc1ccc(S(=O)(=O)N(CC(=O)Nc2ccc(S(=O)(=O)Nc3ccc(OC)cc3OC)cc2)c2ccc(F)cc2)cc1. The first-order valence-electron chi connectivity index (χ1n) is 13.1. The van der Waals surface area contributed by atoms with Crippen molar-refractivity contribution in [2.24, 2.45) is 0 Å². The topological polar surface area (TPSA) is 140 Å².